The lowest BCUT2D eigenvalue weighted by Crippen LogP contribution is -2.14. The van der Waals surface area contributed by atoms with E-state index in [9.17, 15) is 9.18 Å². The summed E-state index contributed by atoms with van der Waals surface area (Å²) in [6.07, 6.45) is 0. The van der Waals surface area contributed by atoms with Crippen LogP contribution < -0.4 is 11.1 Å². The molecule has 2 aromatic rings. The average molecular weight is 258 g/mol. The Labute approximate surface area is 111 Å². The van der Waals surface area contributed by atoms with E-state index in [1.165, 1.54) is 12.1 Å². The molecule has 4 heteroatoms. The van der Waals surface area contributed by atoms with E-state index < -0.39 is 5.82 Å². The van der Waals surface area contributed by atoms with Gasteiger partial charge in [0.2, 0.25) is 0 Å². The summed E-state index contributed by atoms with van der Waals surface area (Å²) in [5, 5.41) is 2.72. The van der Waals surface area contributed by atoms with Gasteiger partial charge in [-0.25, -0.2) is 4.39 Å². The van der Waals surface area contributed by atoms with Crippen molar-refractivity contribution in [1.82, 2.24) is 0 Å². The quantitative estimate of drug-likeness (QED) is 0.812. The van der Waals surface area contributed by atoms with Gasteiger partial charge in [0.25, 0.3) is 5.91 Å². The zero-order valence-corrected chi connectivity index (χ0v) is 10.8. The molecule has 19 heavy (non-hydrogen) atoms. The zero-order chi connectivity index (χ0) is 14.0. The Bertz CT molecular complexity index is 598. The van der Waals surface area contributed by atoms with E-state index in [1.807, 2.05) is 19.1 Å². The number of nitrogens with one attached hydrogen (secondary N) is 1. The first-order chi connectivity index (χ1) is 8.97. The van der Waals surface area contributed by atoms with Crippen LogP contribution in [-0.2, 0) is 0 Å². The van der Waals surface area contributed by atoms with Gasteiger partial charge in [0, 0.05) is 5.56 Å². The Morgan fingerprint density at radius 3 is 2.58 bits per heavy atom. The molecule has 3 N–H and O–H groups in total. The van der Waals surface area contributed by atoms with Crippen molar-refractivity contribution in [3.63, 3.8) is 0 Å². The third kappa shape index (κ3) is 2.91. The summed E-state index contributed by atoms with van der Waals surface area (Å²) in [5.41, 5.74) is 8.71. The highest BCUT2D eigenvalue weighted by molar-refractivity contribution is 6.06. The van der Waals surface area contributed by atoms with Gasteiger partial charge in [-0.05, 0) is 49.2 Å². The number of carbonyl (C=O) groups is 1. The summed E-state index contributed by atoms with van der Waals surface area (Å²) in [4.78, 5) is 12.1. The van der Waals surface area contributed by atoms with Gasteiger partial charge in [-0.2, -0.15) is 0 Å². The number of hydrogen-bond acceptors (Lipinski definition) is 2. The molecule has 3 nitrogen and oxygen atoms in total. The van der Waals surface area contributed by atoms with Gasteiger partial charge in [0.05, 0.1) is 11.4 Å². The number of benzene rings is 2. The van der Waals surface area contributed by atoms with Crippen molar-refractivity contribution in [2.75, 3.05) is 11.1 Å². The molecule has 0 fully saturated rings. The summed E-state index contributed by atoms with van der Waals surface area (Å²) < 4.78 is 13.3. The molecule has 0 heterocycles. The first kappa shape index (κ1) is 13.1. The standard InChI is InChI=1S/C15H15FN2O/c1-9-6-11(8-12(16)7-9)15(19)18-14-10(2)4-3-5-13(14)17/h3-8H,17H2,1-2H3,(H,18,19). The van der Waals surface area contributed by atoms with Crippen LogP contribution in [0.4, 0.5) is 15.8 Å². The van der Waals surface area contributed by atoms with Gasteiger partial charge in [0.1, 0.15) is 5.82 Å². The largest absolute Gasteiger partial charge is 0.397 e. The number of para-hydroxylation sites is 1. The lowest BCUT2D eigenvalue weighted by molar-refractivity contribution is 0.102. The molecule has 0 spiro atoms. The van der Waals surface area contributed by atoms with Crippen molar-refractivity contribution in [3.8, 4) is 0 Å². The predicted octanol–water partition coefficient (Wildman–Crippen LogP) is 3.28. The molecular formula is C15H15FN2O. The second-order valence-corrected chi connectivity index (χ2v) is 4.51. The molecule has 1 amide bonds. The van der Waals surface area contributed by atoms with Crippen LogP contribution >= 0.6 is 0 Å². The molecule has 0 unspecified atom stereocenters. The second kappa shape index (κ2) is 5.10. The maximum absolute atomic E-state index is 13.3. The lowest BCUT2D eigenvalue weighted by atomic mass is 10.1. The predicted molar refractivity (Wildman–Crippen MR) is 74.7 cm³/mol. The van der Waals surface area contributed by atoms with E-state index in [0.29, 0.717) is 16.9 Å². The number of halogens is 1. The molecule has 98 valence electrons. The summed E-state index contributed by atoms with van der Waals surface area (Å²) in [5.74, 6) is -0.800. The van der Waals surface area contributed by atoms with Crippen molar-refractivity contribution < 1.29 is 9.18 Å². The molecule has 0 saturated carbocycles. The Morgan fingerprint density at radius 1 is 1.21 bits per heavy atom. The molecule has 0 aliphatic heterocycles. The van der Waals surface area contributed by atoms with Gasteiger partial charge < -0.3 is 11.1 Å². The molecule has 0 aliphatic carbocycles. The first-order valence-electron chi connectivity index (χ1n) is 5.91. The van der Waals surface area contributed by atoms with Crippen LogP contribution in [0.5, 0.6) is 0 Å². The molecule has 0 atom stereocenters. The van der Waals surface area contributed by atoms with E-state index in [2.05, 4.69) is 5.32 Å². The number of amides is 1. The number of anilines is 2. The Morgan fingerprint density at radius 2 is 1.95 bits per heavy atom. The molecule has 0 radical (unpaired) electrons. The zero-order valence-electron chi connectivity index (χ0n) is 10.8. The Balaban J connectivity index is 2.31. The highest BCUT2D eigenvalue weighted by atomic mass is 19.1. The highest BCUT2D eigenvalue weighted by Gasteiger charge is 2.11. The number of nitrogens with two attached hydrogens (primary N) is 1. The number of hydrogen-bond donors (Lipinski definition) is 2. The van der Waals surface area contributed by atoms with Gasteiger partial charge >= 0.3 is 0 Å². The smallest absolute Gasteiger partial charge is 0.255 e. The normalized spacial score (nSPS) is 10.3. The Hall–Kier alpha value is -2.36. The number of rotatable bonds is 2. The third-order valence-electron chi connectivity index (χ3n) is 2.85. The molecule has 2 rings (SSSR count). The molecule has 0 aromatic heterocycles. The number of nitrogen functional groups attached to an aromatic ring is 1. The minimum Gasteiger partial charge on any atom is -0.397 e. The summed E-state index contributed by atoms with van der Waals surface area (Å²) in [6, 6.07) is 9.58. The molecule has 0 aliphatic rings. The fraction of sp³-hybridized carbons (Fsp3) is 0.133. The fourth-order valence-electron chi connectivity index (χ4n) is 1.91. The van der Waals surface area contributed by atoms with Gasteiger partial charge in [-0.15, -0.1) is 0 Å². The number of carbonyl (C=O) groups excluding carboxylic acids is 1. The molecule has 0 bridgehead atoms. The molecular weight excluding hydrogens is 243 g/mol. The van der Waals surface area contributed by atoms with Gasteiger partial charge in [-0.1, -0.05) is 12.1 Å². The van der Waals surface area contributed by atoms with E-state index in [4.69, 9.17) is 5.73 Å². The van der Waals surface area contributed by atoms with E-state index in [1.54, 1.807) is 19.1 Å². The monoisotopic (exact) mass is 258 g/mol. The maximum atomic E-state index is 13.3. The SMILES string of the molecule is Cc1cc(F)cc(C(=O)Nc2c(C)cccc2N)c1. The number of aryl methyl sites for hydroxylation is 2. The topological polar surface area (TPSA) is 55.1 Å². The van der Waals surface area contributed by atoms with Gasteiger partial charge in [-0.3, -0.25) is 4.79 Å². The minimum atomic E-state index is -0.428. The summed E-state index contributed by atoms with van der Waals surface area (Å²) in [7, 11) is 0. The minimum absolute atomic E-state index is 0.278. The summed E-state index contributed by atoms with van der Waals surface area (Å²) >= 11 is 0. The average Bonchev–Trinajstić information content (AvgIpc) is 2.32. The van der Waals surface area contributed by atoms with Crippen LogP contribution in [0.1, 0.15) is 21.5 Å². The van der Waals surface area contributed by atoms with Crippen molar-refractivity contribution in [2.45, 2.75) is 13.8 Å². The van der Waals surface area contributed by atoms with E-state index >= 15 is 0 Å². The van der Waals surface area contributed by atoms with Crippen LogP contribution in [0.2, 0.25) is 0 Å². The van der Waals surface area contributed by atoms with Crippen molar-refractivity contribution in [2.24, 2.45) is 0 Å². The van der Waals surface area contributed by atoms with E-state index in [-0.39, 0.29) is 11.5 Å². The van der Waals surface area contributed by atoms with Crippen LogP contribution in [0.15, 0.2) is 36.4 Å². The second-order valence-electron chi connectivity index (χ2n) is 4.51. The molecule has 2 aromatic carbocycles. The molecule has 0 saturated heterocycles. The van der Waals surface area contributed by atoms with Crippen molar-refractivity contribution in [1.29, 1.82) is 0 Å². The van der Waals surface area contributed by atoms with Crippen molar-refractivity contribution in [3.05, 3.63) is 58.9 Å². The van der Waals surface area contributed by atoms with E-state index in [0.717, 1.165) is 5.56 Å². The fourth-order valence-corrected chi connectivity index (χ4v) is 1.91. The van der Waals surface area contributed by atoms with Crippen LogP contribution in [0.3, 0.4) is 0 Å². The first-order valence-corrected chi connectivity index (χ1v) is 5.91. The van der Waals surface area contributed by atoms with Crippen LogP contribution in [0.25, 0.3) is 0 Å². The third-order valence-corrected chi connectivity index (χ3v) is 2.85. The maximum Gasteiger partial charge on any atom is 0.255 e. The van der Waals surface area contributed by atoms with Crippen molar-refractivity contribution >= 4 is 17.3 Å². The van der Waals surface area contributed by atoms with Crippen LogP contribution in [0, 0.1) is 19.7 Å². The van der Waals surface area contributed by atoms with Crippen LogP contribution in [-0.4, -0.2) is 5.91 Å². The Kier molecular flexibility index (Phi) is 3.51. The van der Waals surface area contributed by atoms with Gasteiger partial charge in [0.15, 0.2) is 0 Å². The lowest BCUT2D eigenvalue weighted by Gasteiger charge is -2.11. The highest BCUT2D eigenvalue weighted by Crippen LogP contribution is 2.23. The summed E-state index contributed by atoms with van der Waals surface area (Å²) in [6.45, 7) is 3.59.